The molecule has 0 aliphatic heterocycles. The molecule has 0 saturated heterocycles. The van der Waals surface area contributed by atoms with E-state index < -0.39 is 21.6 Å². The van der Waals surface area contributed by atoms with Gasteiger partial charge in [-0.05, 0) is 12.1 Å². The van der Waals surface area contributed by atoms with Crippen molar-refractivity contribution in [2.45, 2.75) is 0 Å². The average molecular weight is 205 g/mol. The SMILES string of the molecule is CS(=O)(=O)Nc1cccc(F)c1O. The fourth-order valence-electron chi connectivity index (χ4n) is 0.797. The quantitative estimate of drug-likeness (QED) is 0.705. The van der Waals surface area contributed by atoms with Crippen LogP contribution in [0.3, 0.4) is 0 Å². The maximum atomic E-state index is 12.7. The molecule has 0 heterocycles. The molecule has 0 amide bonds. The van der Waals surface area contributed by atoms with Gasteiger partial charge < -0.3 is 5.11 Å². The van der Waals surface area contributed by atoms with Gasteiger partial charge in [-0.1, -0.05) is 6.07 Å². The van der Waals surface area contributed by atoms with Crippen LogP contribution in [0.15, 0.2) is 18.2 Å². The van der Waals surface area contributed by atoms with Crippen molar-refractivity contribution in [3.63, 3.8) is 0 Å². The Morgan fingerprint density at radius 2 is 2.08 bits per heavy atom. The number of para-hydroxylation sites is 1. The summed E-state index contributed by atoms with van der Waals surface area (Å²) in [6.07, 6.45) is 0.914. The summed E-state index contributed by atoms with van der Waals surface area (Å²) in [4.78, 5) is 0. The molecule has 1 aromatic rings. The molecular weight excluding hydrogens is 197 g/mol. The molecule has 0 bridgehead atoms. The molecule has 0 aromatic heterocycles. The molecule has 0 aliphatic carbocycles. The van der Waals surface area contributed by atoms with E-state index in [0.29, 0.717) is 0 Å². The summed E-state index contributed by atoms with van der Waals surface area (Å²) in [7, 11) is -3.49. The Bertz CT molecular complexity index is 416. The van der Waals surface area contributed by atoms with Crippen LogP contribution >= 0.6 is 0 Å². The first-order chi connectivity index (χ1) is 5.90. The third kappa shape index (κ3) is 2.59. The third-order valence-corrected chi connectivity index (χ3v) is 1.87. The molecule has 4 nitrogen and oxygen atoms in total. The molecule has 0 atom stereocenters. The normalized spacial score (nSPS) is 11.2. The van der Waals surface area contributed by atoms with Crippen LogP contribution in [0.4, 0.5) is 10.1 Å². The van der Waals surface area contributed by atoms with Crippen LogP contribution in [0.5, 0.6) is 5.75 Å². The second-order valence-electron chi connectivity index (χ2n) is 2.51. The zero-order valence-corrected chi connectivity index (χ0v) is 7.60. The summed E-state index contributed by atoms with van der Waals surface area (Å²) in [5.41, 5.74) is -0.164. The van der Waals surface area contributed by atoms with Crippen LogP contribution in [0, 0.1) is 5.82 Å². The van der Waals surface area contributed by atoms with Crippen molar-refractivity contribution in [2.75, 3.05) is 11.0 Å². The molecule has 6 heteroatoms. The van der Waals surface area contributed by atoms with Crippen molar-refractivity contribution in [3.05, 3.63) is 24.0 Å². The lowest BCUT2D eigenvalue weighted by atomic mass is 10.3. The maximum absolute atomic E-state index is 12.7. The van der Waals surface area contributed by atoms with Crippen LogP contribution < -0.4 is 4.72 Å². The fourth-order valence-corrected chi connectivity index (χ4v) is 1.36. The highest BCUT2D eigenvalue weighted by molar-refractivity contribution is 7.92. The number of nitrogens with one attached hydrogen (secondary N) is 1. The second-order valence-corrected chi connectivity index (χ2v) is 4.26. The maximum Gasteiger partial charge on any atom is 0.229 e. The van der Waals surface area contributed by atoms with Gasteiger partial charge in [-0.15, -0.1) is 0 Å². The summed E-state index contributed by atoms with van der Waals surface area (Å²) in [6.45, 7) is 0. The minimum absolute atomic E-state index is 0.164. The Hall–Kier alpha value is -1.30. The van der Waals surface area contributed by atoms with E-state index in [1.165, 1.54) is 12.1 Å². The van der Waals surface area contributed by atoms with Gasteiger partial charge in [-0.25, -0.2) is 12.8 Å². The molecule has 1 rings (SSSR count). The van der Waals surface area contributed by atoms with Crippen molar-refractivity contribution in [1.82, 2.24) is 0 Å². The summed E-state index contributed by atoms with van der Waals surface area (Å²) in [6, 6.07) is 3.59. The zero-order valence-electron chi connectivity index (χ0n) is 6.78. The van der Waals surface area contributed by atoms with E-state index in [2.05, 4.69) is 0 Å². The van der Waals surface area contributed by atoms with E-state index in [4.69, 9.17) is 5.11 Å². The first-order valence-electron chi connectivity index (χ1n) is 3.35. The fraction of sp³-hybridized carbons (Fsp3) is 0.143. The van der Waals surface area contributed by atoms with Gasteiger partial charge in [-0.2, -0.15) is 0 Å². The Balaban J connectivity index is 3.10. The number of benzene rings is 1. The van der Waals surface area contributed by atoms with Gasteiger partial charge >= 0.3 is 0 Å². The van der Waals surface area contributed by atoms with Gasteiger partial charge in [0.2, 0.25) is 10.0 Å². The van der Waals surface area contributed by atoms with Crippen molar-refractivity contribution < 1.29 is 17.9 Å². The number of hydrogen-bond acceptors (Lipinski definition) is 3. The highest BCUT2D eigenvalue weighted by Gasteiger charge is 2.09. The van der Waals surface area contributed by atoms with E-state index >= 15 is 0 Å². The second kappa shape index (κ2) is 3.21. The summed E-state index contributed by atoms with van der Waals surface area (Å²) in [5, 5.41) is 9.06. The number of phenols is 1. The third-order valence-electron chi connectivity index (χ3n) is 1.28. The first kappa shape index (κ1) is 9.79. The number of hydrogen-bond donors (Lipinski definition) is 2. The molecule has 0 spiro atoms. The van der Waals surface area contributed by atoms with E-state index in [9.17, 15) is 12.8 Å². The molecular formula is C7H8FNO3S. The van der Waals surface area contributed by atoms with Crippen LogP contribution in [0.25, 0.3) is 0 Å². The van der Waals surface area contributed by atoms with E-state index in [0.717, 1.165) is 12.3 Å². The van der Waals surface area contributed by atoms with Gasteiger partial charge in [0.05, 0.1) is 11.9 Å². The standard InChI is InChI=1S/C7H8FNO3S/c1-13(11,12)9-6-4-2-3-5(8)7(6)10/h2-4,9-10H,1H3. The molecule has 1 aromatic carbocycles. The molecule has 13 heavy (non-hydrogen) atoms. The Morgan fingerprint density at radius 1 is 1.46 bits per heavy atom. The lowest BCUT2D eigenvalue weighted by molar-refractivity contribution is 0.435. The predicted octanol–water partition coefficient (Wildman–Crippen LogP) is 0.903. The first-order valence-corrected chi connectivity index (χ1v) is 5.24. The predicted molar refractivity (Wildman–Crippen MR) is 46.5 cm³/mol. The van der Waals surface area contributed by atoms with Gasteiger partial charge in [-0.3, -0.25) is 4.72 Å². The molecule has 0 radical (unpaired) electrons. The number of phenolic OH excluding ortho intramolecular Hbond substituents is 1. The van der Waals surface area contributed by atoms with E-state index in [1.807, 2.05) is 4.72 Å². The summed E-state index contributed by atoms with van der Waals surface area (Å²) in [5.74, 6) is -1.57. The highest BCUT2D eigenvalue weighted by atomic mass is 32.2. The van der Waals surface area contributed by atoms with E-state index in [-0.39, 0.29) is 5.69 Å². The molecule has 72 valence electrons. The largest absolute Gasteiger partial charge is 0.503 e. The summed E-state index contributed by atoms with van der Waals surface area (Å²) >= 11 is 0. The number of sulfonamides is 1. The Labute approximate surface area is 75.1 Å². The van der Waals surface area contributed by atoms with Crippen molar-refractivity contribution >= 4 is 15.7 Å². The molecule has 0 aliphatic rings. The lowest BCUT2D eigenvalue weighted by Gasteiger charge is -2.05. The average Bonchev–Trinajstić information content (AvgIpc) is 1.96. The highest BCUT2D eigenvalue weighted by Crippen LogP contribution is 2.26. The minimum atomic E-state index is -3.49. The lowest BCUT2D eigenvalue weighted by Crippen LogP contribution is -2.09. The van der Waals surface area contributed by atoms with Crippen LogP contribution in [0.2, 0.25) is 0 Å². The summed E-state index contributed by atoms with van der Waals surface area (Å²) < 4.78 is 36.1. The topological polar surface area (TPSA) is 66.4 Å². The minimum Gasteiger partial charge on any atom is -0.503 e. The number of rotatable bonds is 2. The number of anilines is 1. The van der Waals surface area contributed by atoms with Crippen LogP contribution in [-0.4, -0.2) is 19.8 Å². The molecule has 0 fully saturated rings. The van der Waals surface area contributed by atoms with Gasteiger partial charge in [0, 0.05) is 0 Å². The molecule has 0 saturated carbocycles. The molecule has 0 unspecified atom stereocenters. The number of halogens is 1. The van der Waals surface area contributed by atoms with Crippen molar-refractivity contribution in [3.8, 4) is 5.75 Å². The Kier molecular flexibility index (Phi) is 2.42. The van der Waals surface area contributed by atoms with Crippen LogP contribution in [0.1, 0.15) is 0 Å². The smallest absolute Gasteiger partial charge is 0.229 e. The monoisotopic (exact) mass is 205 g/mol. The van der Waals surface area contributed by atoms with Gasteiger partial charge in [0.15, 0.2) is 11.6 Å². The van der Waals surface area contributed by atoms with Gasteiger partial charge in [0.25, 0.3) is 0 Å². The number of aromatic hydroxyl groups is 1. The van der Waals surface area contributed by atoms with Crippen LogP contribution in [-0.2, 0) is 10.0 Å². The zero-order chi connectivity index (χ0) is 10.1. The van der Waals surface area contributed by atoms with Gasteiger partial charge in [0.1, 0.15) is 0 Å². The van der Waals surface area contributed by atoms with E-state index in [1.54, 1.807) is 0 Å². The van der Waals surface area contributed by atoms with Crippen molar-refractivity contribution in [1.29, 1.82) is 0 Å². The Morgan fingerprint density at radius 3 is 2.62 bits per heavy atom. The van der Waals surface area contributed by atoms with Crippen molar-refractivity contribution in [2.24, 2.45) is 0 Å². The molecule has 2 N–H and O–H groups in total.